The summed E-state index contributed by atoms with van der Waals surface area (Å²) in [5.41, 5.74) is 3.77. The first kappa shape index (κ1) is 18.9. The van der Waals surface area contributed by atoms with Crippen molar-refractivity contribution in [1.29, 1.82) is 5.26 Å². The van der Waals surface area contributed by atoms with Crippen LogP contribution in [0.2, 0.25) is 0 Å². The first-order valence-corrected chi connectivity index (χ1v) is 9.51. The highest BCUT2D eigenvalue weighted by Gasteiger charge is 2.24. The van der Waals surface area contributed by atoms with Gasteiger partial charge in [0, 0.05) is 19.1 Å². The second-order valence-corrected chi connectivity index (χ2v) is 7.04. The topological polar surface area (TPSA) is 27.0 Å². The van der Waals surface area contributed by atoms with Gasteiger partial charge >= 0.3 is 0 Å². The predicted octanol–water partition coefficient (Wildman–Crippen LogP) is 5.46. The first-order valence-electron chi connectivity index (χ1n) is 9.51. The van der Waals surface area contributed by atoms with E-state index >= 15 is 0 Å². The third-order valence-electron chi connectivity index (χ3n) is 5.08. The van der Waals surface area contributed by atoms with Crippen LogP contribution in [-0.2, 0) is 19.5 Å². The molecule has 0 fully saturated rings. The smallest absolute Gasteiger partial charge is 0.0675 e. The Kier molecular flexibility index (Phi) is 6.79. The quantitative estimate of drug-likeness (QED) is 0.537. The molecule has 0 unspecified atom stereocenters. The molecule has 0 radical (unpaired) electrons. The molecule has 0 spiro atoms. The van der Waals surface area contributed by atoms with E-state index in [2.05, 4.69) is 78.6 Å². The molecule has 0 saturated heterocycles. The predicted molar refractivity (Wildman–Crippen MR) is 111 cm³/mol. The van der Waals surface area contributed by atoms with Crippen molar-refractivity contribution in [3.05, 3.63) is 108 Å². The summed E-state index contributed by atoms with van der Waals surface area (Å²) in [5, 5.41) is 9.86. The molecule has 3 rings (SSSR count). The Hall–Kier alpha value is -2.89. The lowest BCUT2D eigenvalue weighted by atomic mass is 9.92. The van der Waals surface area contributed by atoms with Crippen molar-refractivity contribution < 1.29 is 0 Å². The second kappa shape index (κ2) is 9.71. The van der Waals surface area contributed by atoms with Crippen LogP contribution in [0.25, 0.3) is 0 Å². The standard InChI is InChI=1S/C25H26N2/c1-21(25(18-26)17-22-11-5-2-6-12-22)27(19-23-13-7-3-8-14-23)20-24-15-9-4-10-16-24/h2-16,21,25H,17,19-20H2,1H3/t21-,25+/m0/s1. The van der Waals surface area contributed by atoms with Crippen molar-refractivity contribution in [2.45, 2.75) is 32.5 Å². The number of benzene rings is 3. The van der Waals surface area contributed by atoms with E-state index in [-0.39, 0.29) is 12.0 Å². The fraction of sp³-hybridized carbons (Fsp3) is 0.240. The van der Waals surface area contributed by atoms with E-state index in [1.54, 1.807) is 0 Å². The Morgan fingerprint density at radius 3 is 1.52 bits per heavy atom. The van der Waals surface area contributed by atoms with Crippen molar-refractivity contribution in [2.24, 2.45) is 5.92 Å². The highest BCUT2D eigenvalue weighted by atomic mass is 15.2. The minimum atomic E-state index is -0.0557. The van der Waals surface area contributed by atoms with E-state index < -0.39 is 0 Å². The van der Waals surface area contributed by atoms with Gasteiger partial charge in [-0.15, -0.1) is 0 Å². The average molecular weight is 354 g/mol. The Morgan fingerprint density at radius 1 is 0.704 bits per heavy atom. The minimum Gasteiger partial charge on any atom is -0.291 e. The monoisotopic (exact) mass is 354 g/mol. The summed E-state index contributed by atoms with van der Waals surface area (Å²) in [5.74, 6) is -0.0557. The van der Waals surface area contributed by atoms with E-state index in [9.17, 15) is 5.26 Å². The van der Waals surface area contributed by atoms with Crippen LogP contribution in [0.4, 0.5) is 0 Å². The summed E-state index contributed by atoms with van der Waals surface area (Å²) in [6, 6.07) is 34.0. The zero-order chi connectivity index (χ0) is 18.9. The molecule has 2 atom stereocenters. The first-order chi connectivity index (χ1) is 13.3. The summed E-state index contributed by atoms with van der Waals surface area (Å²) in [6.45, 7) is 3.86. The number of nitriles is 1. The molecule has 0 amide bonds. The Balaban J connectivity index is 1.80. The van der Waals surface area contributed by atoms with E-state index in [0.717, 1.165) is 19.5 Å². The van der Waals surface area contributed by atoms with Gasteiger partial charge in [0.05, 0.1) is 12.0 Å². The maximum atomic E-state index is 9.86. The maximum Gasteiger partial charge on any atom is 0.0675 e. The molecule has 0 aromatic heterocycles. The Morgan fingerprint density at radius 2 is 1.11 bits per heavy atom. The van der Waals surface area contributed by atoms with Gasteiger partial charge in [-0.25, -0.2) is 0 Å². The molecule has 3 aromatic rings. The molecule has 136 valence electrons. The van der Waals surface area contributed by atoms with E-state index in [4.69, 9.17) is 0 Å². The van der Waals surface area contributed by atoms with Crippen molar-refractivity contribution in [3.8, 4) is 6.07 Å². The highest BCUT2D eigenvalue weighted by Crippen LogP contribution is 2.21. The van der Waals surface area contributed by atoms with Crippen LogP contribution < -0.4 is 0 Å². The molecular formula is C25H26N2. The summed E-state index contributed by atoms with van der Waals surface area (Å²) >= 11 is 0. The molecule has 3 aromatic carbocycles. The van der Waals surface area contributed by atoms with Gasteiger partial charge in [0.2, 0.25) is 0 Å². The average Bonchev–Trinajstić information content (AvgIpc) is 2.73. The van der Waals surface area contributed by atoms with Crippen LogP contribution in [-0.4, -0.2) is 10.9 Å². The lowest BCUT2D eigenvalue weighted by Gasteiger charge is -2.32. The molecule has 0 bridgehead atoms. The zero-order valence-electron chi connectivity index (χ0n) is 15.8. The number of hydrogen-bond acceptors (Lipinski definition) is 2. The van der Waals surface area contributed by atoms with Gasteiger partial charge in [-0.2, -0.15) is 5.26 Å². The van der Waals surface area contributed by atoms with Gasteiger partial charge in [0.1, 0.15) is 0 Å². The molecule has 0 saturated carbocycles. The van der Waals surface area contributed by atoms with Crippen LogP contribution in [0.15, 0.2) is 91.0 Å². The van der Waals surface area contributed by atoms with Crippen molar-refractivity contribution in [1.82, 2.24) is 4.90 Å². The van der Waals surface area contributed by atoms with Gasteiger partial charge in [-0.1, -0.05) is 91.0 Å². The number of rotatable bonds is 8. The van der Waals surface area contributed by atoms with E-state index in [1.807, 2.05) is 30.3 Å². The minimum absolute atomic E-state index is 0.0557. The van der Waals surface area contributed by atoms with E-state index in [1.165, 1.54) is 16.7 Å². The Labute approximate surface area is 162 Å². The van der Waals surface area contributed by atoms with Crippen LogP contribution >= 0.6 is 0 Å². The second-order valence-electron chi connectivity index (χ2n) is 7.04. The fourth-order valence-electron chi connectivity index (χ4n) is 3.43. The third kappa shape index (κ3) is 5.54. The van der Waals surface area contributed by atoms with Crippen molar-refractivity contribution >= 4 is 0 Å². The van der Waals surface area contributed by atoms with Gasteiger partial charge in [0.15, 0.2) is 0 Å². The lowest BCUT2D eigenvalue weighted by Crippen LogP contribution is -2.38. The third-order valence-corrected chi connectivity index (χ3v) is 5.08. The molecule has 2 heteroatoms. The van der Waals surface area contributed by atoms with E-state index in [0.29, 0.717) is 0 Å². The van der Waals surface area contributed by atoms with Crippen LogP contribution in [0.5, 0.6) is 0 Å². The van der Waals surface area contributed by atoms with Gasteiger partial charge in [0.25, 0.3) is 0 Å². The largest absolute Gasteiger partial charge is 0.291 e. The Bertz CT molecular complexity index is 796. The van der Waals surface area contributed by atoms with Gasteiger partial charge in [-0.05, 0) is 30.0 Å². The van der Waals surface area contributed by atoms with Gasteiger partial charge in [-0.3, -0.25) is 4.90 Å². The van der Waals surface area contributed by atoms with Crippen LogP contribution in [0.3, 0.4) is 0 Å². The molecular weight excluding hydrogens is 328 g/mol. The summed E-state index contributed by atoms with van der Waals surface area (Å²) in [4.78, 5) is 2.42. The maximum absolute atomic E-state index is 9.86. The van der Waals surface area contributed by atoms with Crippen LogP contribution in [0.1, 0.15) is 23.6 Å². The van der Waals surface area contributed by atoms with Crippen molar-refractivity contribution in [3.63, 3.8) is 0 Å². The summed E-state index contributed by atoms with van der Waals surface area (Å²) < 4.78 is 0. The molecule has 2 nitrogen and oxygen atoms in total. The molecule has 0 aliphatic carbocycles. The fourth-order valence-corrected chi connectivity index (χ4v) is 3.43. The van der Waals surface area contributed by atoms with Crippen LogP contribution in [0, 0.1) is 17.2 Å². The molecule has 27 heavy (non-hydrogen) atoms. The SMILES string of the molecule is C[C@@H]([C@@H](C#N)Cc1ccccc1)N(Cc1ccccc1)Cc1ccccc1. The molecule has 0 heterocycles. The zero-order valence-corrected chi connectivity index (χ0v) is 15.8. The molecule has 0 aliphatic rings. The summed E-state index contributed by atoms with van der Waals surface area (Å²) in [6.07, 6.45) is 0.776. The summed E-state index contributed by atoms with van der Waals surface area (Å²) in [7, 11) is 0. The highest BCUT2D eigenvalue weighted by molar-refractivity contribution is 5.20. The number of nitrogens with zero attached hydrogens (tertiary/aromatic N) is 2. The number of hydrogen-bond donors (Lipinski definition) is 0. The normalized spacial score (nSPS) is 13.1. The van der Waals surface area contributed by atoms with Gasteiger partial charge < -0.3 is 0 Å². The van der Waals surface area contributed by atoms with Crippen molar-refractivity contribution in [2.75, 3.05) is 0 Å². The lowest BCUT2D eigenvalue weighted by molar-refractivity contribution is 0.157. The molecule has 0 N–H and O–H groups in total. The molecule has 0 aliphatic heterocycles.